The summed E-state index contributed by atoms with van der Waals surface area (Å²) in [6, 6.07) is 5.91. The van der Waals surface area contributed by atoms with E-state index in [0.29, 0.717) is 42.1 Å². The SMILES string of the molecule is Cc1ccc(OCC2CCNCC2c2ccnn2C(C)C)c(C=O)c1O. The first kappa shape index (κ1) is 18.5. The summed E-state index contributed by atoms with van der Waals surface area (Å²) in [6.45, 7) is 8.35. The third-order valence-electron chi connectivity index (χ3n) is 5.14. The normalized spacial score (nSPS) is 20.3. The van der Waals surface area contributed by atoms with Crippen LogP contribution in [0.25, 0.3) is 0 Å². The molecule has 2 aromatic rings. The van der Waals surface area contributed by atoms with Crippen LogP contribution in [0.2, 0.25) is 0 Å². The molecule has 2 heterocycles. The van der Waals surface area contributed by atoms with Crippen molar-refractivity contribution in [1.82, 2.24) is 15.1 Å². The zero-order valence-electron chi connectivity index (χ0n) is 15.6. The Hall–Kier alpha value is -2.34. The van der Waals surface area contributed by atoms with E-state index in [9.17, 15) is 9.90 Å². The summed E-state index contributed by atoms with van der Waals surface area (Å²) in [5, 5.41) is 18.0. The van der Waals surface area contributed by atoms with Gasteiger partial charge in [-0.2, -0.15) is 5.10 Å². The van der Waals surface area contributed by atoms with Crippen molar-refractivity contribution in [2.24, 2.45) is 5.92 Å². The van der Waals surface area contributed by atoms with Crippen LogP contribution >= 0.6 is 0 Å². The minimum atomic E-state index is -0.00255. The number of phenolic OH excluding ortho intramolecular Hbond substituents is 1. The van der Waals surface area contributed by atoms with Crippen LogP contribution < -0.4 is 10.1 Å². The number of hydrogen-bond donors (Lipinski definition) is 2. The van der Waals surface area contributed by atoms with Crippen molar-refractivity contribution < 1.29 is 14.6 Å². The fourth-order valence-electron chi connectivity index (χ4n) is 3.64. The molecule has 0 spiro atoms. The average Bonchev–Trinajstić information content (AvgIpc) is 3.13. The molecule has 2 N–H and O–H groups in total. The number of hydrogen-bond acceptors (Lipinski definition) is 5. The number of rotatable bonds is 6. The Morgan fingerprint density at radius 3 is 2.96 bits per heavy atom. The molecule has 1 fully saturated rings. The van der Waals surface area contributed by atoms with E-state index in [0.717, 1.165) is 19.5 Å². The second-order valence-electron chi connectivity index (χ2n) is 7.23. The van der Waals surface area contributed by atoms with Crippen LogP contribution in [0.1, 0.15) is 53.8 Å². The van der Waals surface area contributed by atoms with E-state index in [1.54, 1.807) is 19.1 Å². The molecule has 26 heavy (non-hydrogen) atoms. The van der Waals surface area contributed by atoms with Crippen molar-refractivity contribution in [3.8, 4) is 11.5 Å². The number of piperidine rings is 1. The number of benzene rings is 1. The van der Waals surface area contributed by atoms with Crippen molar-refractivity contribution in [3.63, 3.8) is 0 Å². The third-order valence-corrected chi connectivity index (χ3v) is 5.14. The Balaban J connectivity index is 1.79. The number of phenols is 1. The Morgan fingerprint density at radius 1 is 1.42 bits per heavy atom. The lowest BCUT2D eigenvalue weighted by molar-refractivity contribution is 0.111. The standard InChI is InChI=1S/C20H27N3O3/c1-13(2)23-18(7-9-22-23)16-10-21-8-6-15(16)12-26-19-5-4-14(3)20(25)17(19)11-24/h4-5,7,9,11,13,15-16,21,25H,6,8,10,12H2,1-3H3. The number of carbonyl (C=O) groups is 1. The molecule has 2 unspecified atom stereocenters. The summed E-state index contributed by atoms with van der Waals surface area (Å²) in [6.07, 6.45) is 3.50. The van der Waals surface area contributed by atoms with Gasteiger partial charge in [-0.25, -0.2) is 0 Å². The topological polar surface area (TPSA) is 76.4 Å². The number of carbonyl (C=O) groups excluding carboxylic acids is 1. The largest absolute Gasteiger partial charge is 0.507 e. The van der Waals surface area contributed by atoms with Crippen molar-refractivity contribution in [2.75, 3.05) is 19.7 Å². The lowest BCUT2D eigenvalue weighted by atomic mass is 9.84. The molecule has 1 saturated heterocycles. The summed E-state index contributed by atoms with van der Waals surface area (Å²) in [4.78, 5) is 11.4. The van der Waals surface area contributed by atoms with Gasteiger partial charge in [-0.05, 0) is 51.4 Å². The summed E-state index contributed by atoms with van der Waals surface area (Å²) in [5.41, 5.74) is 2.10. The van der Waals surface area contributed by atoms with Crippen LogP contribution in [0, 0.1) is 12.8 Å². The van der Waals surface area contributed by atoms with Crippen molar-refractivity contribution in [2.45, 2.75) is 39.2 Å². The van der Waals surface area contributed by atoms with Crippen LogP contribution in [0.3, 0.4) is 0 Å². The number of aromatic hydroxyl groups is 1. The van der Waals surface area contributed by atoms with Crippen molar-refractivity contribution >= 4 is 6.29 Å². The lowest BCUT2D eigenvalue weighted by Crippen LogP contribution is -2.38. The van der Waals surface area contributed by atoms with Crippen LogP contribution in [0.5, 0.6) is 11.5 Å². The summed E-state index contributed by atoms with van der Waals surface area (Å²) < 4.78 is 8.05. The highest BCUT2D eigenvalue weighted by molar-refractivity contribution is 5.84. The first-order chi connectivity index (χ1) is 12.5. The quantitative estimate of drug-likeness (QED) is 0.777. The van der Waals surface area contributed by atoms with Crippen LogP contribution in [0.4, 0.5) is 0 Å². The molecule has 0 bridgehead atoms. The first-order valence-electron chi connectivity index (χ1n) is 9.17. The summed E-state index contributed by atoms with van der Waals surface area (Å²) in [5.74, 6) is 1.05. The highest BCUT2D eigenvalue weighted by atomic mass is 16.5. The number of nitrogens with zero attached hydrogens (tertiary/aromatic N) is 2. The van der Waals surface area contributed by atoms with Gasteiger partial charge in [0, 0.05) is 36.3 Å². The minimum absolute atomic E-state index is 0.00255. The van der Waals surface area contributed by atoms with Gasteiger partial charge in [0.05, 0.1) is 12.2 Å². The zero-order valence-corrected chi connectivity index (χ0v) is 15.6. The monoisotopic (exact) mass is 357 g/mol. The van der Waals surface area contributed by atoms with E-state index < -0.39 is 0 Å². The van der Waals surface area contributed by atoms with E-state index in [2.05, 4.69) is 35.0 Å². The Labute approximate surface area is 154 Å². The number of aldehydes is 1. The fraction of sp³-hybridized carbons (Fsp3) is 0.500. The van der Waals surface area contributed by atoms with Gasteiger partial charge >= 0.3 is 0 Å². The molecule has 1 aromatic carbocycles. The zero-order chi connectivity index (χ0) is 18.7. The smallest absolute Gasteiger partial charge is 0.157 e. The molecule has 2 atom stereocenters. The average molecular weight is 357 g/mol. The van der Waals surface area contributed by atoms with Gasteiger partial charge in [0.2, 0.25) is 0 Å². The highest BCUT2D eigenvalue weighted by Crippen LogP contribution is 2.33. The lowest BCUT2D eigenvalue weighted by Gasteiger charge is -2.33. The van der Waals surface area contributed by atoms with Gasteiger partial charge in [0.15, 0.2) is 6.29 Å². The van der Waals surface area contributed by atoms with Gasteiger partial charge in [-0.15, -0.1) is 0 Å². The molecule has 6 heteroatoms. The predicted octanol–water partition coefficient (Wildman–Crippen LogP) is 3.06. The van der Waals surface area contributed by atoms with Crippen LogP contribution in [-0.4, -0.2) is 40.9 Å². The molecular weight excluding hydrogens is 330 g/mol. The molecule has 1 aromatic heterocycles. The highest BCUT2D eigenvalue weighted by Gasteiger charge is 2.30. The summed E-state index contributed by atoms with van der Waals surface area (Å²) >= 11 is 0. The first-order valence-corrected chi connectivity index (χ1v) is 9.17. The molecule has 1 aliphatic heterocycles. The van der Waals surface area contributed by atoms with E-state index in [1.807, 2.05) is 6.20 Å². The van der Waals surface area contributed by atoms with E-state index in [4.69, 9.17) is 4.74 Å². The fourth-order valence-corrected chi connectivity index (χ4v) is 3.64. The van der Waals surface area contributed by atoms with Gasteiger partial charge in [0.25, 0.3) is 0 Å². The van der Waals surface area contributed by atoms with Gasteiger partial charge < -0.3 is 15.2 Å². The van der Waals surface area contributed by atoms with Gasteiger partial charge in [-0.3, -0.25) is 9.48 Å². The molecule has 3 rings (SSSR count). The van der Waals surface area contributed by atoms with Crippen molar-refractivity contribution in [1.29, 1.82) is 0 Å². The third kappa shape index (κ3) is 3.60. The van der Waals surface area contributed by atoms with Crippen LogP contribution in [0.15, 0.2) is 24.4 Å². The second-order valence-corrected chi connectivity index (χ2v) is 7.23. The molecule has 0 aliphatic carbocycles. The molecule has 0 saturated carbocycles. The molecule has 0 amide bonds. The molecule has 140 valence electrons. The molecule has 1 aliphatic rings. The van der Waals surface area contributed by atoms with Gasteiger partial charge in [0.1, 0.15) is 11.5 Å². The maximum atomic E-state index is 11.4. The van der Waals surface area contributed by atoms with E-state index in [1.165, 1.54) is 5.69 Å². The van der Waals surface area contributed by atoms with Crippen molar-refractivity contribution in [3.05, 3.63) is 41.2 Å². The second kappa shape index (κ2) is 7.91. The van der Waals surface area contributed by atoms with E-state index >= 15 is 0 Å². The van der Waals surface area contributed by atoms with Crippen LogP contribution in [-0.2, 0) is 0 Å². The maximum Gasteiger partial charge on any atom is 0.157 e. The maximum absolute atomic E-state index is 11.4. The Kier molecular flexibility index (Phi) is 5.61. The van der Waals surface area contributed by atoms with E-state index in [-0.39, 0.29) is 11.3 Å². The summed E-state index contributed by atoms with van der Waals surface area (Å²) in [7, 11) is 0. The minimum Gasteiger partial charge on any atom is -0.507 e. The Bertz CT molecular complexity index is 770. The number of aromatic nitrogens is 2. The Morgan fingerprint density at radius 2 is 2.23 bits per heavy atom. The number of nitrogens with one attached hydrogen (secondary N) is 1. The number of ether oxygens (including phenoxy) is 1. The van der Waals surface area contributed by atoms with Gasteiger partial charge in [-0.1, -0.05) is 6.07 Å². The molecule has 6 nitrogen and oxygen atoms in total. The molecular formula is C20H27N3O3. The number of aryl methyl sites for hydroxylation is 1. The molecule has 0 radical (unpaired) electrons. The predicted molar refractivity (Wildman–Crippen MR) is 100 cm³/mol.